The van der Waals surface area contributed by atoms with Crippen molar-refractivity contribution in [2.24, 2.45) is 5.92 Å². The molecule has 26 heavy (non-hydrogen) atoms. The minimum Gasteiger partial charge on any atom is -0.465 e. The molecule has 1 saturated heterocycles. The van der Waals surface area contributed by atoms with E-state index in [2.05, 4.69) is 31.1 Å². The molecule has 1 fully saturated rings. The molecule has 0 bridgehead atoms. The summed E-state index contributed by atoms with van der Waals surface area (Å²) in [6, 6.07) is 3.82. The summed E-state index contributed by atoms with van der Waals surface area (Å²) in [4.78, 5) is 27.0. The number of rotatable bonds is 1. The first kappa shape index (κ1) is 16.9. The first-order valence-corrected chi connectivity index (χ1v) is 12.1. The number of likely N-dealkylation sites (tertiary alicyclic amines) is 1. The van der Waals surface area contributed by atoms with Crippen LogP contribution in [0.2, 0.25) is 19.6 Å². The van der Waals surface area contributed by atoms with Crippen molar-refractivity contribution in [1.29, 1.82) is 0 Å². The smallest absolute Gasteiger partial charge is 0.414 e. The Morgan fingerprint density at radius 3 is 2.69 bits per heavy atom. The fourth-order valence-corrected chi connectivity index (χ4v) is 3.95. The average Bonchev–Trinajstić information content (AvgIpc) is 2.93. The van der Waals surface area contributed by atoms with Gasteiger partial charge in [-0.25, -0.2) is 9.69 Å². The van der Waals surface area contributed by atoms with E-state index < -0.39 is 32.0 Å². The summed E-state index contributed by atoms with van der Waals surface area (Å²) in [5, 5.41) is 9.67. The van der Waals surface area contributed by atoms with Crippen molar-refractivity contribution in [3.8, 4) is 11.5 Å². The first-order chi connectivity index (χ1) is 12.5. The van der Waals surface area contributed by atoms with Crippen molar-refractivity contribution in [3.63, 3.8) is 0 Å². The second-order valence-corrected chi connectivity index (χ2v) is 12.7. The fourth-order valence-electron chi connectivity index (χ4n) is 3.44. The molecule has 1 aliphatic carbocycles. The van der Waals surface area contributed by atoms with Gasteiger partial charge in [0, 0.05) is 37.3 Å². The number of amides is 2. The van der Waals surface area contributed by atoms with Crippen LogP contribution in [0.25, 0.3) is 0 Å². The van der Waals surface area contributed by atoms with Gasteiger partial charge < -0.3 is 10.0 Å². The maximum atomic E-state index is 12.8. The molecule has 1 aliphatic heterocycles. The quantitative estimate of drug-likeness (QED) is 0.469. The van der Waals surface area contributed by atoms with E-state index in [0.717, 1.165) is 11.1 Å². The molecule has 0 aromatic heterocycles. The van der Waals surface area contributed by atoms with Gasteiger partial charge in [-0.05, 0) is 23.6 Å². The topological polar surface area (TPSA) is 60.9 Å². The van der Waals surface area contributed by atoms with Crippen LogP contribution in [0.3, 0.4) is 0 Å². The Bertz CT molecular complexity index is 923. The summed E-state index contributed by atoms with van der Waals surface area (Å²) in [6.45, 7) is 6.48. The van der Waals surface area contributed by atoms with Crippen molar-refractivity contribution in [2.75, 3.05) is 14.1 Å². The summed E-state index contributed by atoms with van der Waals surface area (Å²) in [5.41, 5.74) is 5.97. The van der Waals surface area contributed by atoms with Gasteiger partial charge in [-0.1, -0.05) is 37.7 Å². The Labute approximate surface area is 156 Å². The van der Waals surface area contributed by atoms with E-state index in [-0.39, 0.29) is 0 Å². The maximum absolute atomic E-state index is 12.8. The van der Waals surface area contributed by atoms with Crippen molar-refractivity contribution >= 4 is 20.1 Å². The minimum absolute atomic E-state index is 0.359. The molecule has 2 amide bonds. The van der Waals surface area contributed by atoms with E-state index in [9.17, 15) is 14.7 Å². The average molecular weight is 370 g/mol. The van der Waals surface area contributed by atoms with Crippen molar-refractivity contribution in [2.45, 2.75) is 32.1 Å². The summed E-state index contributed by atoms with van der Waals surface area (Å²) in [6.07, 6.45) is 0.678. The predicted octanol–water partition coefficient (Wildman–Crippen LogP) is 3.09. The highest BCUT2D eigenvalue weighted by atomic mass is 28.3. The molecule has 2 aliphatic rings. The van der Waals surface area contributed by atoms with Crippen LogP contribution in [0.5, 0.6) is 0 Å². The zero-order valence-corrected chi connectivity index (χ0v) is 16.8. The molecular formula is C20H24N2O3Si. The summed E-state index contributed by atoms with van der Waals surface area (Å²) < 4.78 is 9.05. The van der Waals surface area contributed by atoms with Crippen LogP contribution < -0.4 is 0 Å². The van der Waals surface area contributed by atoms with Gasteiger partial charge in [0.15, 0.2) is 0 Å². The lowest BCUT2D eigenvalue weighted by Crippen LogP contribution is -2.33. The molecular weight excluding hydrogens is 344 g/mol. The second kappa shape index (κ2) is 6.33. The van der Waals surface area contributed by atoms with Gasteiger partial charge in [-0.15, -0.1) is 5.54 Å². The van der Waals surface area contributed by atoms with Crippen molar-refractivity contribution in [1.82, 2.24) is 9.80 Å². The highest BCUT2D eigenvalue weighted by molar-refractivity contribution is 6.83. The molecule has 136 valence electrons. The fraction of sp³-hybridized carbons (Fsp3) is 0.400. The molecule has 0 radical (unpaired) electrons. The third-order valence-electron chi connectivity index (χ3n) is 4.42. The third kappa shape index (κ3) is 3.15. The minimum atomic E-state index is -1.64. The summed E-state index contributed by atoms with van der Waals surface area (Å²) in [7, 11) is 1.98. The number of imide groups is 1. The second-order valence-electron chi connectivity index (χ2n) is 7.94. The monoisotopic (exact) mass is 369 g/mol. The van der Waals surface area contributed by atoms with E-state index in [0.29, 0.717) is 22.5 Å². The van der Waals surface area contributed by atoms with E-state index in [1.54, 1.807) is 37.3 Å². The van der Waals surface area contributed by atoms with Crippen molar-refractivity contribution in [3.05, 3.63) is 46.7 Å². The molecule has 0 spiro atoms. The lowest BCUT2D eigenvalue weighted by atomic mass is 9.97. The molecule has 2 unspecified atom stereocenters. The van der Waals surface area contributed by atoms with E-state index in [1.165, 1.54) is 0 Å². The number of fused-ring (bicyclic) bond motifs is 3. The molecule has 5 nitrogen and oxygen atoms in total. The Morgan fingerprint density at radius 2 is 2.12 bits per heavy atom. The molecule has 1 aromatic carbocycles. The molecule has 2 atom stereocenters. The van der Waals surface area contributed by atoms with E-state index in [1.807, 2.05) is 6.07 Å². The van der Waals surface area contributed by atoms with Gasteiger partial charge in [0.2, 0.25) is 0 Å². The Balaban J connectivity index is 2.21. The highest BCUT2D eigenvalue weighted by Gasteiger charge is 2.52. The van der Waals surface area contributed by atoms with Crippen LogP contribution in [0.15, 0.2) is 30.0 Å². The Kier molecular flexibility index (Phi) is 4.12. The van der Waals surface area contributed by atoms with Crippen LogP contribution in [-0.4, -0.2) is 49.1 Å². The summed E-state index contributed by atoms with van der Waals surface area (Å²) in [5.74, 6) is 2.11. The predicted molar refractivity (Wildman–Crippen MR) is 103 cm³/mol. The number of nitrogens with zero attached hydrogens (tertiary/aromatic N) is 2. The molecule has 6 heteroatoms. The van der Waals surface area contributed by atoms with Crippen LogP contribution in [0.4, 0.5) is 4.79 Å². The SMILES string of the molecule is [2H]C12c3cccc(C#C[Si](C)(C)C)c3CC1/C(=C/N(C)C)C(=O)N2C(=O)O. The van der Waals surface area contributed by atoms with Crippen LogP contribution in [-0.2, 0) is 11.2 Å². The molecule has 1 heterocycles. The lowest BCUT2D eigenvalue weighted by Gasteiger charge is -2.19. The van der Waals surface area contributed by atoms with Gasteiger partial charge in [-0.2, -0.15) is 0 Å². The number of carbonyl (C=O) groups is 2. The third-order valence-corrected chi connectivity index (χ3v) is 5.29. The van der Waals surface area contributed by atoms with Crippen molar-refractivity contribution < 1.29 is 16.1 Å². The normalized spacial score (nSPS) is 26.1. The van der Waals surface area contributed by atoms with E-state index in [4.69, 9.17) is 1.37 Å². The number of hydrogen-bond acceptors (Lipinski definition) is 3. The van der Waals surface area contributed by atoms with Gasteiger partial charge in [0.05, 0.1) is 7.39 Å². The molecule has 3 rings (SSSR count). The van der Waals surface area contributed by atoms with Crippen LogP contribution in [0.1, 0.15) is 24.1 Å². The van der Waals surface area contributed by atoms with Crippen LogP contribution in [0, 0.1) is 17.4 Å². The van der Waals surface area contributed by atoms with Gasteiger partial charge in [-0.3, -0.25) is 4.79 Å². The maximum Gasteiger partial charge on any atom is 0.414 e. The zero-order chi connectivity index (χ0) is 20.1. The molecule has 1 aromatic rings. The molecule has 0 saturated carbocycles. The van der Waals surface area contributed by atoms with E-state index >= 15 is 0 Å². The number of carbonyl (C=O) groups excluding carboxylic acids is 1. The number of hydrogen-bond donors (Lipinski definition) is 1. The Morgan fingerprint density at radius 1 is 1.42 bits per heavy atom. The zero-order valence-electron chi connectivity index (χ0n) is 16.8. The number of carboxylic acid groups (broad SMARTS) is 1. The summed E-state index contributed by atoms with van der Waals surface area (Å²) >= 11 is 0. The standard InChI is InChI=1S/C20H24N2O3Si/c1-21(2)12-17-16-11-15-13(9-10-26(3,4)5)7-6-8-14(15)18(16)22(19(17)23)20(24)25/h6-8,12,16,18H,11H2,1-5H3,(H,24,25)/b17-12-/i18D. The highest BCUT2D eigenvalue weighted by Crippen LogP contribution is 2.50. The number of benzene rings is 1. The van der Waals surface area contributed by atoms with Gasteiger partial charge >= 0.3 is 6.09 Å². The largest absolute Gasteiger partial charge is 0.465 e. The lowest BCUT2D eigenvalue weighted by molar-refractivity contribution is -0.124. The van der Waals surface area contributed by atoms with Gasteiger partial charge in [0.25, 0.3) is 5.91 Å². The van der Waals surface area contributed by atoms with Gasteiger partial charge in [0.1, 0.15) is 8.07 Å². The first-order valence-electron chi connectivity index (χ1n) is 9.08. The molecule has 1 N–H and O–H groups in total. The Hall–Kier alpha value is -2.52. The van der Waals surface area contributed by atoms with Crippen LogP contribution >= 0.6 is 0 Å².